The lowest BCUT2D eigenvalue weighted by Gasteiger charge is -2.04. The topological polar surface area (TPSA) is 43.8 Å². The van der Waals surface area contributed by atoms with Crippen molar-refractivity contribution in [1.82, 2.24) is 9.78 Å². The lowest BCUT2D eigenvalue weighted by Crippen LogP contribution is -1.99. The summed E-state index contributed by atoms with van der Waals surface area (Å²) in [6.45, 7) is 4.09. The molecule has 2 rings (SSSR count). The molecule has 0 unspecified atom stereocenters. The second-order valence-electron chi connectivity index (χ2n) is 4.03. The van der Waals surface area contributed by atoms with Crippen molar-refractivity contribution in [2.45, 2.75) is 19.9 Å². The summed E-state index contributed by atoms with van der Waals surface area (Å²) in [7, 11) is 0. The van der Waals surface area contributed by atoms with Crippen LogP contribution >= 0.6 is 0 Å². The van der Waals surface area contributed by atoms with Crippen LogP contribution in [0, 0.1) is 5.82 Å². The fourth-order valence-electron chi connectivity index (χ4n) is 1.56. The molecule has 0 aliphatic carbocycles. The summed E-state index contributed by atoms with van der Waals surface area (Å²) in [6, 6.07) is 4.70. The van der Waals surface area contributed by atoms with Crippen LogP contribution in [0.4, 0.5) is 10.1 Å². The monoisotopic (exact) mass is 219 g/mol. The van der Waals surface area contributed by atoms with Crippen LogP contribution in [0.25, 0.3) is 11.1 Å². The minimum Gasteiger partial charge on any atom is -0.398 e. The smallest absolute Gasteiger partial charge is 0.125 e. The summed E-state index contributed by atoms with van der Waals surface area (Å²) in [4.78, 5) is 0. The van der Waals surface area contributed by atoms with Crippen LogP contribution in [0.3, 0.4) is 0 Å². The fraction of sp³-hybridized carbons (Fsp3) is 0.250. The first-order valence-electron chi connectivity index (χ1n) is 5.17. The van der Waals surface area contributed by atoms with Gasteiger partial charge in [-0.2, -0.15) is 5.10 Å². The SMILES string of the molecule is CC(C)n1cc(-c2ccc(F)cc2N)cn1. The number of nitrogens with two attached hydrogens (primary N) is 1. The van der Waals surface area contributed by atoms with Gasteiger partial charge in [0, 0.05) is 29.1 Å². The van der Waals surface area contributed by atoms with Crippen LogP contribution in [0.2, 0.25) is 0 Å². The van der Waals surface area contributed by atoms with Gasteiger partial charge in [-0.05, 0) is 32.0 Å². The Kier molecular flexibility index (Phi) is 2.64. The molecule has 0 spiro atoms. The molecule has 4 heteroatoms. The zero-order chi connectivity index (χ0) is 11.7. The molecule has 0 fully saturated rings. The highest BCUT2D eigenvalue weighted by Gasteiger charge is 2.07. The Morgan fingerprint density at radius 1 is 1.38 bits per heavy atom. The van der Waals surface area contributed by atoms with Gasteiger partial charge in [-0.15, -0.1) is 0 Å². The van der Waals surface area contributed by atoms with E-state index < -0.39 is 0 Å². The average molecular weight is 219 g/mol. The van der Waals surface area contributed by atoms with Crippen molar-refractivity contribution in [3.8, 4) is 11.1 Å². The van der Waals surface area contributed by atoms with Crippen molar-refractivity contribution in [3.63, 3.8) is 0 Å². The lowest BCUT2D eigenvalue weighted by atomic mass is 10.1. The number of hydrogen-bond acceptors (Lipinski definition) is 2. The van der Waals surface area contributed by atoms with Gasteiger partial charge in [0.05, 0.1) is 6.20 Å². The van der Waals surface area contributed by atoms with E-state index in [4.69, 9.17) is 5.73 Å². The third-order valence-electron chi connectivity index (χ3n) is 2.46. The second-order valence-corrected chi connectivity index (χ2v) is 4.03. The number of nitrogen functional groups attached to an aromatic ring is 1. The Balaban J connectivity index is 2.42. The largest absolute Gasteiger partial charge is 0.398 e. The van der Waals surface area contributed by atoms with Crippen molar-refractivity contribution in [2.75, 3.05) is 5.73 Å². The zero-order valence-electron chi connectivity index (χ0n) is 9.31. The number of aromatic nitrogens is 2. The molecule has 0 atom stereocenters. The van der Waals surface area contributed by atoms with E-state index in [2.05, 4.69) is 5.10 Å². The highest BCUT2D eigenvalue weighted by Crippen LogP contribution is 2.26. The summed E-state index contributed by atoms with van der Waals surface area (Å²) < 4.78 is 14.7. The summed E-state index contributed by atoms with van der Waals surface area (Å²) in [5.74, 6) is -0.322. The van der Waals surface area contributed by atoms with Gasteiger partial charge in [0.2, 0.25) is 0 Å². The Labute approximate surface area is 93.7 Å². The Morgan fingerprint density at radius 3 is 2.69 bits per heavy atom. The van der Waals surface area contributed by atoms with Crippen LogP contribution in [0.5, 0.6) is 0 Å². The van der Waals surface area contributed by atoms with E-state index in [0.29, 0.717) is 11.7 Å². The molecule has 0 aliphatic rings. The van der Waals surface area contributed by atoms with Gasteiger partial charge in [-0.1, -0.05) is 0 Å². The highest BCUT2D eigenvalue weighted by atomic mass is 19.1. The van der Waals surface area contributed by atoms with Crippen LogP contribution in [0.1, 0.15) is 19.9 Å². The normalized spacial score (nSPS) is 11.0. The predicted molar refractivity (Wildman–Crippen MR) is 62.4 cm³/mol. The third kappa shape index (κ3) is 1.91. The third-order valence-corrected chi connectivity index (χ3v) is 2.46. The number of rotatable bonds is 2. The van der Waals surface area contributed by atoms with E-state index in [0.717, 1.165) is 11.1 Å². The van der Waals surface area contributed by atoms with Crippen molar-refractivity contribution in [1.29, 1.82) is 0 Å². The fourth-order valence-corrected chi connectivity index (χ4v) is 1.56. The van der Waals surface area contributed by atoms with Gasteiger partial charge >= 0.3 is 0 Å². The quantitative estimate of drug-likeness (QED) is 0.789. The number of benzene rings is 1. The number of nitrogens with zero attached hydrogens (tertiary/aromatic N) is 2. The second kappa shape index (κ2) is 3.96. The van der Waals surface area contributed by atoms with E-state index in [1.807, 2.05) is 24.7 Å². The molecule has 0 amide bonds. The maximum atomic E-state index is 12.9. The molecule has 1 heterocycles. The van der Waals surface area contributed by atoms with Crippen molar-refractivity contribution < 1.29 is 4.39 Å². The number of halogens is 1. The molecule has 2 aromatic rings. The minimum atomic E-state index is -0.322. The molecular weight excluding hydrogens is 205 g/mol. The molecule has 1 aromatic carbocycles. The maximum Gasteiger partial charge on any atom is 0.125 e. The van der Waals surface area contributed by atoms with E-state index in [1.54, 1.807) is 12.3 Å². The molecule has 0 bridgehead atoms. The van der Waals surface area contributed by atoms with Crippen molar-refractivity contribution >= 4 is 5.69 Å². The molecule has 0 radical (unpaired) electrons. The first kappa shape index (κ1) is 10.7. The van der Waals surface area contributed by atoms with E-state index >= 15 is 0 Å². The summed E-state index contributed by atoms with van der Waals surface area (Å²) >= 11 is 0. The van der Waals surface area contributed by atoms with E-state index in [1.165, 1.54) is 12.1 Å². The molecule has 84 valence electrons. The van der Waals surface area contributed by atoms with Gasteiger partial charge in [-0.25, -0.2) is 4.39 Å². The Hall–Kier alpha value is -1.84. The average Bonchev–Trinajstić information content (AvgIpc) is 2.66. The molecular formula is C12H14FN3. The lowest BCUT2D eigenvalue weighted by molar-refractivity contribution is 0.532. The predicted octanol–water partition coefficient (Wildman–Crippen LogP) is 2.85. The molecule has 1 aromatic heterocycles. The zero-order valence-corrected chi connectivity index (χ0v) is 9.31. The van der Waals surface area contributed by atoms with E-state index in [-0.39, 0.29) is 5.82 Å². The molecule has 2 N–H and O–H groups in total. The van der Waals surface area contributed by atoms with Crippen LogP contribution in [-0.4, -0.2) is 9.78 Å². The van der Waals surface area contributed by atoms with Crippen LogP contribution < -0.4 is 5.73 Å². The highest BCUT2D eigenvalue weighted by molar-refractivity contribution is 5.75. The summed E-state index contributed by atoms with van der Waals surface area (Å²) in [5.41, 5.74) is 7.92. The summed E-state index contributed by atoms with van der Waals surface area (Å²) in [6.07, 6.45) is 3.65. The molecule has 0 aliphatic heterocycles. The number of hydrogen-bond donors (Lipinski definition) is 1. The van der Waals surface area contributed by atoms with Crippen molar-refractivity contribution in [2.24, 2.45) is 0 Å². The van der Waals surface area contributed by atoms with Gasteiger partial charge in [0.1, 0.15) is 5.82 Å². The van der Waals surface area contributed by atoms with Crippen molar-refractivity contribution in [3.05, 3.63) is 36.4 Å². The van der Waals surface area contributed by atoms with Gasteiger partial charge in [0.15, 0.2) is 0 Å². The summed E-state index contributed by atoms with van der Waals surface area (Å²) in [5, 5.41) is 4.22. The standard InChI is InChI=1S/C12H14FN3/c1-8(2)16-7-9(6-15-16)11-4-3-10(13)5-12(11)14/h3-8H,14H2,1-2H3. The van der Waals surface area contributed by atoms with Gasteiger partial charge < -0.3 is 5.73 Å². The van der Waals surface area contributed by atoms with Crippen LogP contribution in [-0.2, 0) is 0 Å². The Morgan fingerprint density at radius 2 is 2.12 bits per heavy atom. The minimum absolute atomic E-state index is 0.301. The number of anilines is 1. The van der Waals surface area contributed by atoms with Gasteiger partial charge in [0.25, 0.3) is 0 Å². The van der Waals surface area contributed by atoms with Crippen LogP contribution in [0.15, 0.2) is 30.6 Å². The molecule has 0 saturated heterocycles. The maximum absolute atomic E-state index is 12.9. The molecule has 0 saturated carbocycles. The van der Waals surface area contributed by atoms with E-state index in [9.17, 15) is 4.39 Å². The van der Waals surface area contributed by atoms with Gasteiger partial charge in [-0.3, -0.25) is 4.68 Å². The first-order chi connectivity index (χ1) is 7.58. The Bertz CT molecular complexity index is 503. The molecule has 3 nitrogen and oxygen atoms in total. The first-order valence-corrected chi connectivity index (χ1v) is 5.17. The molecule has 16 heavy (non-hydrogen) atoms.